The van der Waals surface area contributed by atoms with Crippen LogP contribution in [-0.2, 0) is 38.3 Å². The number of aliphatic carboxylic acids is 1. The molecule has 49 heavy (non-hydrogen) atoms. The van der Waals surface area contributed by atoms with Crippen molar-refractivity contribution in [1.82, 2.24) is 35.2 Å². The molecule has 4 amide bonds. The molecule has 15 nitrogen and oxygen atoms in total. The van der Waals surface area contributed by atoms with Crippen LogP contribution in [0, 0.1) is 0 Å². The molecule has 2 aliphatic rings. The summed E-state index contributed by atoms with van der Waals surface area (Å²) in [4.78, 5) is 71.9. The monoisotopic (exact) mass is 689 g/mol. The van der Waals surface area contributed by atoms with Crippen molar-refractivity contribution in [2.24, 2.45) is 0 Å². The smallest absolute Gasteiger partial charge is 0.435 e. The quantitative estimate of drug-likeness (QED) is 0.285. The van der Waals surface area contributed by atoms with Gasteiger partial charge in [0.15, 0.2) is 12.3 Å². The molecule has 2 aromatic heterocycles. The number of nitrogens with zero attached hydrogens (tertiary/aromatic N) is 5. The zero-order valence-electron chi connectivity index (χ0n) is 26.4. The Morgan fingerprint density at radius 3 is 2.45 bits per heavy atom. The Hall–Kier alpha value is -5.42. The van der Waals surface area contributed by atoms with E-state index in [1.54, 1.807) is 31.2 Å². The molecule has 0 saturated carbocycles. The van der Waals surface area contributed by atoms with E-state index in [1.807, 2.05) is 0 Å². The summed E-state index contributed by atoms with van der Waals surface area (Å²) in [6.07, 6.45) is -5.67. The second-order valence-electron chi connectivity index (χ2n) is 11.4. The number of piperazine rings is 1. The lowest BCUT2D eigenvalue weighted by atomic mass is 10.1. The lowest BCUT2D eigenvalue weighted by molar-refractivity contribution is -0.143. The van der Waals surface area contributed by atoms with Gasteiger partial charge in [-0.15, -0.1) is 0 Å². The Kier molecular flexibility index (Phi) is 10.5. The first kappa shape index (κ1) is 34.9. The zero-order chi connectivity index (χ0) is 35.3. The molecule has 3 aromatic rings. The molecule has 0 spiro atoms. The highest BCUT2D eigenvalue weighted by Crippen LogP contribution is 2.34. The number of fused-ring (bicyclic) bond motifs is 2. The van der Waals surface area contributed by atoms with E-state index in [1.165, 1.54) is 20.8 Å². The molecule has 1 fully saturated rings. The topological polar surface area (TPSA) is 187 Å². The number of nitrogens with one attached hydrogen (secondary N) is 2. The van der Waals surface area contributed by atoms with Crippen LogP contribution >= 0.6 is 0 Å². The number of halogens is 3. The summed E-state index contributed by atoms with van der Waals surface area (Å²) in [5.74, 6) is -3.01. The second kappa shape index (κ2) is 14.8. The number of H-pyrrole nitrogens is 1. The normalized spacial score (nSPS) is 15.4. The van der Waals surface area contributed by atoms with Crippen LogP contribution in [0.4, 0.5) is 18.0 Å². The number of para-hydroxylation sites is 1. The van der Waals surface area contributed by atoms with E-state index in [-0.39, 0.29) is 75.7 Å². The summed E-state index contributed by atoms with van der Waals surface area (Å²) in [5, 5.41) is 18.1. The number of aromatic amines is 1. The Morgan fingerprint density at radius 2 is 1.76 bits per heavy atom. The summed E-state index contributed by atoms with van der Waals surface area (Å²) >= 11 is 0. The average Bonchev–Trinajstić information content (AvgIpc) is 3.53. The summed E-state index contributed by atoms with van der Waals surface area (Å²) in [6.45, 7) is 1.84. The van der Waals surface area contributed by atoms with Crippen molar-refractivity contribution in [2.45, 2.75) is 44.9 Å². The maximum Gasteiger partial charge on any atom is 0.435 e. The van der Waals surface area contributed by atoms with Gasteiger partial charge in [-0.05, 0) is 25.5 Å². The number of alkyl halides is 3. The average molecular weight is 690 g/mol. The van der Waals surface area contributed by atoms with E-state index in [0.29, 0.717) is 16.6 Å². The highest BCUT2D eigenvalue weighted by molar-refractivity contribution is 5.99. The minimum atomic E-state index is -4.68. The Balaban J connectivity index is 1.29. The van der Waals surface area contributed by atoms with Gasteiger partial charge in [0.05, 0.1) is 12.1 Å². The molecule has 18 heteroatoms. The van der Waals surface area contributed by atoms with Gasteiger partial charge in [0, 0.05) is 74.8 Å². The fourth-order valence-corrected chi connectivity index (χ4v) is 5.65. The SMILES string of the molecule is CCOC(=O)N1CCN(C(=O)C(CCC(=O)O)NC(=O)c2cc(OCC(=O)N3CCc4[nH]nc(C(F)(F)F)c4C3)c3ccccc3n2)CC1. The Bertz CT molecular complexity index is 1740. The number of benzene rings is 1. The van der Waals surface area contributed by atoms with Crippen molar-refractivity contribution in [3.8, 4) is 5.75 Å². The molecule has 262 valence electrons. The molecule has 0 bridgehead atoms. The molecule has 3 N–H and O–H groups in total. The van der Waals surface area contributed by atoms with E-state index < -0.39 is 60.7 Å². The minimum Gasteiger partial charge on any atom is -0.483 e. The van der Waals surface area contributed by atoms with Crippen LogP contribution in [0.25, 0.3) is 10.9 Å². The van der Waals surface area contributed by atoms with Gasteiger partial charge >= 0.3 is 18.2 Å². The molecule has 1 unspecified atom stereocenters. The van der Waals surface area contributed by atoms with E-state index in [9.17, 15) is 42.3 Å². The third-order valence-corrected chi connectivity index (χ3v) is 8.18. The van der Waals surface area contributed by atoms with Gasteiger partial charge in [0.2, 0.25) is 5.91 Å². The first-order chi connectivity index (χ1) is 23.3. The summed E-state index contributed by atoms with van der Waals surface area (Å²) in [7, 11) is 0. The van der Waals surface area contributed by atoms with Crippen molar-refractivity contribution in [3.63, 3.8) is 0 Å². The minimum absolute atomic E-state index is 0.0876. The van der Waals surface area contributed by atoms with Crippen LogP contribution in [0.3, 0.4) is 0 Å². The number of carbonyl (C=O) groups is 5. The number of hydrogen-bond acceptors (Lipinski definition) is 9. The summed E-state index contributed by atoms with van der Waals surface area (Å²) in [5.41, 5.74) is -0.731. The van der Waals surface area contributed by atoms with Crippen LogP contribution in [0.2, 0.25) is 0 Å². The molecule has 4 heterocycles. The highest BCUT2D eigenvalue weighted by atomic mass is 19.4. The molecule has 0 radical (unpaired) electrons. The van der Waals surface area contributed by atoms with Crippen molar-refractivity contribution in [2.75, 3.05) is 45.9 Å². The maximum absolute atomic E-state index is 13.5. The van der Waals surface area contributed by atoms with Gasteiger partial charge < -0.3 is 34.6 Å². The second-order valence-corrected chi connectivity index (χ2v) is 11.4. The standard InChI is InChI=1S/C31H34F3N7O8/c1-2-48-30(47)40-13-11-39(12-14-40)29(46)22(7-8-26(43)44)36-28(45)23-15-24(18-5-3-4-6-20(18)35-23)49-17-25(42)41-10-9-21-19(16-41)27(38-37-21)31(32,33)34/h3-6,15,22H,2,7-14,16-17H2,1H3,(H,36,45)(H,37,38)(H,43,44). The van der Waals surface area contributed by atoms with Gasteiger partial charge in [-0.2, -0.15) is 18.3 Å². The number of ether oxygens (including phenoxy) is 2. The zero-order valence-corrected chi connectivity index (χ0v) is 26.4. The van der Waals surface area contributed by atoms with Gasteiger partial charge in [0.1, 0.15) is 17.5 Å². The van der Waals surface area contributed by atoms with E-state index in [2.05, 4.69) is 20.5 Å². The number of carbonyl (C=O) groups excluding carboxylic acids is 4. The predicted octanol–water partition coefficient (Wildman–Crippen LogP) is 2.20. The maximum atomic E-state index is 13.5. The number of carboxylic acid groups (broad SMARTS) is 1. The molecule has 1 aromatic carbocycles. The van der Waals surface area contributed by atoms with Crippen LogP contribution in [0.1, 0.15) is 47.2 Å². The number of pyridine rings is 1. The lowest BCUT2D eigenvalue weighted by Gasteiger charge is -2.35. The summed E-state index contributed by atoms with van der Waals surface area (Å²) in [6, 6.07) is 6.63. The third kappa shape index (κ3) is 8.18. The first-order valence-electron chi connectivity index (χ1n) is 15.5. The Morgan fingerprint density at radius 1 is 1.04 bits per heavy atom. The van der Waals surface area contributed by atoms with Crippen molar-refractivity contribution in [3.05, 3.63) is 53.0 Å². The molecule has 2 aliphatic heterocycles. The molecular weight excluding hydrogens is 655 g/mol. The molecule has 5 rings (SSSR count). The fourth-order valence-electron chi connectivity index (χ4n) is 5.65. The predicted molar refractivity (Wildman–Crippen MR) is 163 cm³/mol. The number of carboxylic acids is 1. The third-order valence-electron chi connectivity index (χ3n) is 8.18. The number of amides is 4. The number of hydrogen-bond donors (Lipinski definition) is 3. The van der Waals surface area contributed by atoms with Crippen molar-refractivity contribution >= 4 is 40.7 Å². The number of rotatable bonds is 10. The van der Waals surface area contributed by atoms with E-state index >= 15 is 0 Å². The lowest BCUT2D eigenvalue weighted by Crippen LogP contribution is -2.56. The van der Waals surface area contributed by atoms with Gasteiger partial charge in [-0.3, -0.25) is 24.3 Å². The van der Waals surface area contributed by atoms with Crippen LogP contribution in [0.15, 0.2) is 30.3 Å². The van der Waals surface area contributed by atoms with E-state index in [4.69, 9.17) is 9.47 Å². The fraction of sp³-hybridized carbons (Fsp3) is 0.452. The van der Waals surface area contributed by atoms with Crippen molar-refractivity contribution in [1.29, 1.82) is 0 Å². The highest BCUT2D eigenvalue weighted by Gasteiger charge is 2.40. The molecule has 1 atom stereocenters. The van der Waals surface area contributed by atoms with Crippen LogP contribution in [-0.4, -0.2) is 117 Å². The first-order valence-corrected chi connectivity index (χ1v) is 15.5. The van der Waals surface area contributed by atoms with Gasteiger partial charge in [-0.25, -0.2) is 9.78 Å². The molecule has 0 aliphatic carbocycles. The van der Waals surface area contributed by atoms with Gasteiger partial charge in [-0.1, -0.05) is 12.1 Å². The van der Waals surface area contributed by atoms with Crippen LogP contribution in [0.5, 0.6) is 5.75 Å². The number of aromatic nitrogens is 3. The molecule has 1 saturated heterocycles. The Labute approximate surface area is 277 Å². The summed E-state index contributed by atoms with van der Waals surface area (Å²) < 4.78 is 51.0. The van der Waals surface area contributed by atoms with Crippen molar-refractivity contribution < 1.29 is 51.7 Å². The molecular formula is C31H34F3N7O8. The van der Waals surface area contributed by atoms with E-state index in [0.717, 1.165) is 0 Å². The van der Waals surface area contributed by atoms with Crippen LogP contribution < -0.4 is 10.1 Å². The van der Waals surface area contributed by atoms with Gasteiger partial charge in [0.25, 0.3) is 11.8 Å². The largest absolute Gasteiger partial charge is 0.483 e.